The minimum atomic E-state index is -4.38. The fraction of sp³-hybridized carbons (Fsp3) is 0.182. The smallest absolute Gasteiger partial charge is 0.416 e. The SMILES string of the molecule is NCc1coc(Nc2cccc(C(F)(F)F)c2)n1. The lowest BCUT2D eigenvalue weighted by Gasteiger charge is -2.08. The molecule has 0 aliphatic rings. The van der Waals surface area contributed by atoms with E-state index in [1.807, 2.05) is 0 Å². The molecule has 2 rings (SSSR count). The van der Waals surface area contributed by atoms with Gasteiger partial charge in [0.15, 0.2) is 0 Å². The van der Waals surface area contributed by atoms with Gasteiger partial charge < -0.3 is 15.5 Å². The minimum Gasteiger partial charge on any atom is -0.432 e. The highest BCUT2D eigenvalue weighted by atomic mass is 19.4. The molecular formula is C11H10F3N3O. The molecule has 0 radical (unpaired) electrons. The van der Waals surface area contributed by atoms with Crippen molar-refractivity contribution in [3.05, 3.63) is 41.8 Å². The van der Waals surface area contributed by atoms with Gasteiger partial charge in [-0.15, -0.1) is 0 Å². The van der Waals surface area contributed by atoms with Gasteiger partial charge in [0.25, 0.3) is 6.01 Å². The summed E-state index contributed by atoms with van der Waals surface area (Å²) >= 11 is 0. The first-order chi connectivity index (χ1) is 8.49. The summed E-state index contributed by atoms with van der Waals surface area (Å²) in [6, 6.07) is 4.87. The molecule has 1 aromatic heterocycles. The van der Waals surface area contributed by atoms with E-state index >= 15 is 0 Å². The maximum Gasteiger partial charge on any atom is 0.416 e. The van der Waals surface area contributed by atoms with Gasteiger partial charge >= 0.3 is 6.18 Å². The van der Waals surface area contributed by atoms with Crippen molar-refractivity contribution in [2.24, 2.45) is 5.73 Å². The highest BCUT2D eigenvalue weighted by Gasteiger charge is 2.30. The molecule has 0 aliphatic carbocycles. The first kappa shape index (κ1) is 12.4. The number of benzene rings is 1. The van der Waals surface area contributed by atoms with Crippen LogP contribution in [0.25, 0.3) is 0 Å². The Morgan fingerprint density at radius 1 is 1.33 bits per heavy atom. The van der Waals surface area contributed by atoms with Crippen LogP contribution in [0.1, 0.15) is 11.3 Å². The van der Waals surface area contributed by atoms with Gasteiger partial charge in [0.05, 0.1) is 11.3 Å². The second-order valence-corrected chi connectivity index (χ2v) is 3.55. The quantitative estimate of drug-likeness (QED) is 0.887. The van der Waals surface area contributed by atoms with Gasteiger partial charge in [0.1, 0.15) is 6.26 Å². The van der Waals surface area contributed by atoms with Crippen molar-refractivity contribution in [1.29, 1.82) is 0 Å². The molecule has 4 nitrogen and oxygen atoms in total. The topological polar surface area (TPSA) is 64.1 Å². The van der Waals surface area contributed by atoms with E-state index in [4.69, 9.17) is 10.2 Å². The summed E-state index contributed by atoms with van der Waals surface area (Å²) in [4.78, 5) is 3.93. The molecule has 2 aromatic rings. The monoisotopic (exact) mass is 257 g/mol. The molecule has 0 bridgehead atoms. The number of aromatic nitrogens is 1. The largest absolute Gasteiger partial charge is 0.432 e. The van der Waals surface area contributed by atoms with Gasteiger partial charge in [-0.1, -0.05) is 6.07 Å². The molecule has 0 atom stereocenters. The molecule has 0 fully saturated rings. The van der Waals surface area contributed by atoms with Crippen LogP contribution in [0.15, 0.2) is 34.9 Å². The van der Waals surface area contributed by atoms with Crippen LogP contribution in [0, 0.1) is 0 Å². The molecule has 0 aliphatic heterocycles. The molecule has 7 heteroatoms. The second kappa shape index (κ2) is 4.69. The third-order valence-electron chi connectivity index (χ3n) is 2.20. The van der Waals surface area contributed by atoms with Crippen LogP contribution in [0.2, 0.25) is 0 Å². The molecule has 0 spiro atoms. The third kappa shape index (κ3) is 2.80. The van der Waals surface area contributed by atoms with E-state index in [0.29, 0.717) is 5.69 Å². The number of oxazole rings is 1. The first-order valence-corrected chi connectivity index (χ1v) is 5.08. The fourth-order valence-electron chi connectivity index (χ4n) is 1.35. The van der Waals surface area contributed by atoms with Gasteiger partial charge in [0, 0.05) is 12.2 Å². The Labute approximate surface area is 101 Å². The average molecular weight is 257 g/mol. The minimum absolute atomic E-state index is 0.106. The molecule has 0 unspecified atom stereocenters. The first-order valence-electron chi connectivity index (χ1n) is 5.08. The molecule has 96 valence electrons. The normalized spacial score (nSPS) is 11.6. The van der Waals surface area contributed by atoms with Crippen LogP contribution < -0.4 is 11.1 Å². The van der Waals surface area contributed by atoms with Crippen LogP contribution in [-0.4, -0.2) is 4.98 Å². The van der Waals surface area contributed by atoms with Gasteiger partial charge in [-0.25, -0.2) is 0 Å². The lowest BCUT2D eigenvalue weighted by molar-refractivity contribution is -0.137. The predicted octanol–water partition coefficient (Wildman–Crippen LogP) is 2.90. The molecule has 0 saturated carbocycles. The maximum atomic E-state index is 12.5. The second-order valence-electron chi connectivity index (χ2n) is 3.55. The fourth-order valence-corrected chi connectivity index (χ4v) is 1.35. The number of hydrogen-bond acceptors (Lipinski definition) is 4. The molecule has 3 N–H and O–H groups in total. The molecule has 0 saturated heterocycles. The summed E-state index contributed by atoms with van der Waals surface area (Å²) < 4.78 is 42.4. The summed E-state index contributed by atoms with van der Waals surface area (Å²) in [5.74, 6) is 0. The van der Waals surface area contributed by atoms with Crippen LogP contribution in [0.4, 0.5) is 24.9 Å². The van der Waals surface area contributed by atoms with Gasteiger partial charge in [-0.3, -0.25) is 0 Å². The molecular weight excluding hydrogens is 247 g/mol. The van der Waals surface area contributed by atoms with E-state index in [9.17, 15) is 13.2 Å². The number of nitrogens with one attached hydrogen (secondary N) is 1. The number of nitrogens with zero attached hydrogens (tertiary/aromatic N) is 1. The Morgan fingerprint density at radius 3 is 2.72 bits per heavy atom. The molecule has 1 aromatic carbocycles. The van der Waals surface area contributed by atoms with E-state index in [1.165, 1.54) is 18.4 Å². The Balaban J connectivity index is 2.19. The lowest BCUT2D eigenvalue weighted by Crippen LogP contribution is -2.05. The van der Waals surface area contributed by atoms with Crippen molar-refractivity contribution in [1.82, 2.24) is 4.98 Å². The van der Waals surface area contributed by atoms with Crippen molar-refractivity contribution in [3.8, 4) is 0 Å². The van der Waals surface area contributed by atoms with Crippen LogP contribution in [-0.2, 0) is 12.7 Å². The molecule has 1 heterocycles. The predicted molar refractivity (Wildman–Crippen MR) is 59.1 cm³/mol. The standard InChI is InChI=1S/C11H10F3N3O/c12-11(13,14)7-2-1-3-8(4-7)16-10-17-9(5-15)6-18-10/h1-4,6H,5,15H2,(H,16,17). The van der Waals surface area contributed by atoms with E-state index in [0.717, 1.165) is 12.1 Å². The Kier molecular flexibility index (Phi) is 3.24. The third-order valence-corrected chi connectivity index (χ3v) is 2.20. The van der Waals surface area contributed by atoms with E-state index in [-0.39, 0.29) is 18.2 Å². The zero-order valence-electron chi connectivity index (χ0n) is 9.16. The summed E-state index contributed by atoms with van der Waals surface area (Å²) in [5, 5.41) is 2.64. The Morgan fingerprint density at radius 2 is 2.11 bits per heavy atom. The van der Waals surface area contributed by atoms with Crippen molar-refractivity contribution in [2.75, 3.05) is 5.32 Å². The summed E-state index contributed by atoms with van der Waals surface area (Å²) in [6.45, 7) is 0.202. The summed E-state index contributed by atoms with van der Waals surface area (Å²) in [6.07, 6.45) is -3.04. The highest BCUT2D eigenvalue weighted by Crippen LogP contribution is 2.31. The number of hydrogen-bond donors (Lipinski definition) is 2. The summed E-state index contributed by atoms with van der Waals surface area (Å²) in [7, 11) is 0. The van der Waals surface area contributed by atoms with Crippen molar-refractivity contribution >= 4 is 11.7 Å². The van der Waals surface area contributed by atoms with Crippen molar-refractivity contribution in [3.63, 3.8) is 0 Å². The van der Waals surface area contributed by atoms with Crippen LogP contribution in [0.3, 0.4) is 0 Å². The number of halogens is 3. The maximum absolute atomic E-state index is 12.5. The summed E-state index contributed by atoms with van der Waals surface area (Å²) in [5.41, 5.74) is 5.36. The van der Waals surface area contributed by atoms with Crippen molar-refractivity contribution in [2.45, 2.75) is 12.7 Å². The Bertz CT molecular complexity index is 536. The van der Waals surface area contributed by atoms with Crippen molar-refractivity contribution < 1.29 is 17.6 Å². The average Bonchev–Trinajstić information content (AvgIpc) is 2.76. The number of nitrogens with two attached hydrogens (primary N) is 1. The number of rotatable bonds is 3. The zero-order valence-corrected chi connectivity index (χ0v) is 9.16. The van der Waals surface area contributed by atoms with Crippen LogP contribution in [0.5, 0.6) is 0 Å². The van der Waals surface area contributed by atoms with Gasteiger partial charge in [-0.05, 0) is 18.2 Å². The van der Waals surface area contributed by atoms with E-state index in [1.54, 1.807) is 0 Å². The van der Waals surface area contributed by atoms with Gasteiger partial charge in [0.2, 0.25) is 0 Å². The number of alkyl halides is 3. The zero-order chi connectivity index (χ0) is 13.2. The van der Waals surface area contributed by atoms with E-state index < -0.39 is 11.7 Å². The van der Waals surface area contributed by atoms with E-state index in [2.05, 4.69) is 10.3 Å². The van der Waals surface area contributed by atoms with Gasteiger partial charge in [-0.2, -0.15) is 18.2 Å². The molecule has 18 heavy (non-hydrogen) atoms. The number of anilines is 2. The van der Waals surface area contributed by atoms with Crippen LogP contribution >= 0.6 is 0 Å². The Hall–Kier alpha value is -2.02. The highest BCUT2D eigenvalue weighted by molar-refractivity contribution is 5.53. The lowest BCUT2D eigenvalue weighted by atomic mass is 10.2. The molecule has 0 amide bonds.